The zero-order chi connectivity index (χ0) is 18.1. The van der Waals surface area contributed by atoms with E-state index in [1.54, 1.807) is 12.0 Å². The largest absolute Gasteiger partial charge is 0.497 e. The summed E-state index contributed by atoms with van der Waals surface area (Å²) in [7, 11) is 1.65. The number of nitrogens with two attached hydrogens (primary N) is 1. The molecule has 0 radical (unpaired) electrons. The molecule has 134 valence electrons. The summed E-state index contributed by atoms with van der Waals surface area (Å²) in [5.74, 6) is 1.74. The zero-order valence-electron chi connectivity index (χ0n) is 14.6. The van der Waals surface area contributed by atoms with Gasteiger partial charge in [-0.05, 0) is 36.4 Å². The topological polar surface area (TPSA) is 76.6 Å². The number of carbonyl (C=O) groups is 1. The summed E-state index contributed by atoms with van der Waals surface area (Å²) in [6.07, 6.45) is 0. The van der Waals surface area contributed by atoms with Gasteiger partial charge in [-0.25, -0.2) is 9.48 Å². The highest BCUT2D eigenvalue weighted by atomic mass is 16.5. The molecule has 3 aromatic rings. The Balaban J connectivity index is 1.71. The quantitative estimate of drug-likeness (QED) is 0.785. The number of carbonyl (C=O) groups excluding carboxylic acids is 1. The molecule has 4 rings (SSSR count). The van der Waals surface area contributed by atoms with Crippen LogP contribution in [0.1, 0.15) is 0 Å². The molecule has 0 saturated carbocycles. The van der Waals surface area contributed by atoms with Gasteiger partial charge >= 0.3 is 6.03 Å². The third kappa shape index (κ3) is 2.81. The summed E-state index contributed by atoms with van der Waals surface area (Å²) in [5, 5.41) is 5.97. The smallest absolute Gasteiger partial charge is 0.314 e. The average molecular weight is 351 g/mol. The molecule has 1 aliphatic heterocycles. The lowest BCUT2D eigenvalue weighted by Gasteiger charge is -2.34. The molecular weight excluding hydrogens is 330 g/mol. The standard InChI is InChI=1S/C19H21N5O2/c1-26-15-8-6-14(7-9-15)24-17-5-3-2-4-16(17)18(21-24)22-10-12-23(13-11-22)19(20)25/h2-9H,10-13H2,1H3,(H2,20,25). The summed E-state index contributed by atoms with van der Waals surface area (Å²) in [4.78, 5) is 15.2. The third-order valence-electron chi connectivity index (χ3n) is 4.78. The first kappa shape index (κ1) is 16.3. The Kier molecular flexibility index (Phi) is 4.12. The number of piperazine rings is 1. The summed E-state index contributed by atoms with van der Waals surface area (Å²) in [6.45, 7) is 2.65. The van der Waals surface area contributed by atoms with Crippen molar-refractivity contribution in [1.82, 2.24) is 14.7 Å². The van der Waals surface area contributed by atoms with Crippen molar-refractivity contribution in [3.05, 3.63) is 48.5 Å². The van der Waals surface area contributed by atoms with Gasteiger partial charge in [0.2, 0.25) is 0 Å². The molecule has 0 bridgehead atoms. The van der Waals surface area contributed by atoms with Crippen molar-refractivity contribution in [2.75, 3.05) is 38.2 Å². The van der Waals surface area contributed by atoms with Crippen LogP contribution < -0.4 is 15.4 Å². The van der Waals surface area contributed by atoms with Crippen LogP contribution in [-0.2, 0) is 0 Å². The van der Waals surface area contributed by atoms with Gasteiger partial charge in [-0.2, -0.15) is 0 Å². The second-order valence-electron chi connectivity index (χ2n) is 6.26. The van der Waals surface area contributed by atoms with Crippen LogP contribution >= 0.6 is 0 Å². The van der Waals surface area contributed by atoms with Crippen molar-refractivity contribution >= 4 is 22.8 Å². The van der Waals surface area contributed by atoms with Crippen molar-refractivity contribution in [3.8, 4) is 11.4 Å². The van der Waals surface area contributed by atoms with E-state index in [1.807, 2.05) is 41.1 Å². The van der Waals surface area contributed by atoms with Gasteiger partial charge in [0.1, 0.15) is 5.75 Å². The number of ether oxygens (including phenoxy) is 1. The van der Waals surface area contributed by atoms with Crippen LogP contribution in [0.2, 0.25) is 0 Å². The Morgan fingerprint density at radius 3 is 2.38 bits per heavy atom. The highest BCUT2D eigenvalue weighted by molar-refractivity contribution is 5.92. The third-order valence-corrected chi connectivity index (χ3v) is 4.78. The van der Waals surface area contributed by atoms with Gasteiger partial charge in [-0.3, -0.25) is 0 Å². The van der Waals surface area contributed by atoms with E-state index < -0.39 is 0 Å². The van der Waals surface area contributed by atoms with E-state index in [-0.39, 0.29) is 6.03 Å². The first-order valence-electron chi connectivity index (χ1n) is 8.59. The Hall–Kier alpha value is -3.22. The number of nitrogens with zero attached hydrogens (tertiary/aromatic N) is 4. The lowest BCUT2D eigenvalue weighted by atomic mass is 10.2. The predicted octanol–water partition coefficient (Wildman–Crippen LogP) is 2.23. The maximum atomic E-state index is 11.4. The van der Waals surface area contributed by atoms with Crippen LogP contribution in [-0.4, -0.2) is 54.0 Å². The van der Waals surface area contributed by atoms with Gasteiger partial charge in [0.25, 0.3) is 0 Å². The number of para-hydroxylation sites is 1. The number of methoxy groups -OCH3 is 1. The molecule has 1 fully saturated rings. The lowest BCUT2D eigenvalue weighted by molar-refractivity contribution is 0.204. The van der Waals surface area contributed by atoms with E-state index in [1.165, 1.54) is 0 Å². The number of amides is 2. The van der Waals surface area contributed by atoms with Crippen LogP contribution in [0, 0.1) is 0 Å². The fourth-order valence-electron chi connectivity index (χ4n) is 3.34. The predicted molar refractivity (Wildman–Crippen MR) is 101 cm³/mol. The number of primary amides is 1. The van der Waals surface area contributed by atoms with E-state index in [9.17, 15) is 4.79 Å². The minimum Gasteiger partial charge on any atom is -0.497 e. The van der Waals surface area contributed by atoms with Gasteiger partial charge in [-0.15, -0.1) is 5.10 Å². The molecule has 1 aliphatic rings. The Labute approximate surface area is 151 Å². The molecule has 7 nitrogen and oxygen atoms in total. The number of anilines is 1. The van der Waals surface area contributed by atoms with E-state index in [4.69, 9.17) is 15.6 Å². The SMILES string of the molecule is COc1ccc(-n2nc(N3CCN(C(N)=O)CC3)c3ccccc32)cc1. The van der Waals surface area contributed by atoms with Crippen molar-refractivity contribution in [1.29, 1.82) is 0 Å². The van der Waals surface area contributed by atoms with Crippen LogP contribution in [0.15, 0.2) is 48.5 Å². The number of rotatable bonds is 3. The normalized spacial score (nSPS) is 14.7. The van der Waals surface area contributed by atoms with Gasteiger partial charge in [0.05, 0.1) is 18.3 Å². The molecule has 0 spiro atoms. The molecule has 0 atom stereocenters. The maximum absolute atomic E-state index is 11.4. The fraction of sp³-hybridized carbons (Fsp3) is 0.263. The van der Waals surface area contributed by atoms with Crippen molar-refractivity contribution in [2.24, 2.45) is 5.73 Å². The number of hydrogen-bond acceptors (Lipinski definition) is 4. The van der Waals surface area contributed by atoms with Gasteiger partial charge in [0.15, 0.2) is 5.82 Å². The molecule has 1 saturated heterocycles. The minimum absolute atomic E-state index is 0.363. The Morgan fingerprint density at radius 1 is 1.04 bits per heavy atom. The first-order valence-corrected chi connectivity index (χ1v) is 8.59. The number of urea groups is 1. The number of benzene rings is 2. The summed E-state index contributed by atoms with van der Waals surface area (Å²) in [6, 6.07) is 15.7. The molecule has 0 aliphatic carbocycles. The van der Waals surface area contributed by atoms with Gasteiger partial charge in [-0.1, -0.05) is 12.1 Å². The molecule has 7 heteroatoms. The van der Waals surface area contributed by atoms with Crippen LogP contribution in [0.3, 0.4) is 0 Å². The molecule has 2 N–H and O–H groups in total. The first-order chi connectivity index (χ1) is 12.7. The van der Waals surface area contributed by atoms with Crippen molar-refractivity contribution in [2.45, 2.75) is 0 Å². The van der Waals surface area contributed by atoms with Crippen LogP contribution in [0.25, 0.3) is 16.6 Å². The van der Waals surface area contributed by atoms with E-state index >= 15 is 0 Å². The maximum Gasteiger partial charge on any atom is 0.314 e. The molecule has 2 aromatic carbocycles. The fourth-order valence-corrected chi connectivity index (χ4v) is 3.34. The lowest BCUT2D eigenvalue weighted by Crippen LogP contribution is -2.50. The van der Waals surface area contributed by atoms with Crippen molar-refractivity contribution < 1.29 is 9.53 Å². The molecule has 2 amide bonds. The van der Waals surface area contributed by atoms with Gasteiger partial charge in [0, 0.05) is 31.6 Å². The summed E-state index contributed by atoms with van der Waals surface area (Å²) in [5.41, 5.74) is 7.41. The second kappa shape index (κ2) is 6.59. The highest BCUT2D eigenvalue weighted by Crippen LogP contribution is 2.29. The number of fused-ring (bicyclic) bond motifs is 1. The number of aromatic nitrogens is 2. The van der Waals surface area contributed by atoms with Crippen LogP contribution in [0.5, 0.6) is 5.75 Å². The summed E-state index contributed by atoms with van der Waals surface area (Å²) < 4.78 is 7.19. The van der Waals surface area contributed by atoms with Crippen molar-refractivity contribution in [3.63, 3.8) is 0 Å². The summed E-state index contributed by atoms with van der Waals surface area (Å²) >= 11 is 0. The van der Waals surface area contributed by atoms with Crippen LogP contribution in [0.4, 0.5) is 10.6 Å². The van der Waals surface area contributed by atoms with E-state index in [0.717, 1.165) is 28.2 Å². The molecule has 1 aromatic heterocycles. The van der Waals surface area contributed by atoms with Gasteiger partial charge < -0.3 is 20.3 Å². The number of hydrogen-bond donors (Lipinski definition) is 1. The second-order valence-corrected chi connectivity index (χ2v) is 6.26. The molecular formula is C19H21N5O2. The zero-order valence-corrected chi connectivity index (χ0v) is 14.6. The monoisotopic (exact) mass is 351 g/mol. The Morgan fingerprint density at radius 2 is 1.73 bits per heavy atom. The average Bonchev–Trinajstić information content (AvgIpc) is 3.08. The Bertz CT molecular complexity index is 927. The highest BCUT2D eigenvalue weighted by Gasteiger charge is 2.23. The minimum atomic E-state index is -0.363. The molecule has 0 unspecified atom stereocenters. The molecule has 26 heavy (non-hydrogen) atoms. The molecule has 2 heterocycles. The van der Waals surface area contributed by atoms with E-state index in [0.29, 0.717) is 26.2 Å². The van der Waals surface area contributed by atoms with E-state index in [2.05, 4.69) is 17.0 Å².